The fourth-order valence-electron chi connectivity index (χ4n) is 4.01. The second kappa shape index (κ2) is 5.57. The number of piperidine rings is 1. The Morgan fingerprint density at radius 1 is 1.25 bits per heavy atom. The Kier molecular flexibility index (Phi) is 3.79. The molecule has 2 aliphatic rings. The van der Waals surface area contributed by atoms with E-state index in [4.69, 9.17) is 4.84 Å². The Morgan fingerprint density at radius 3 is 2.70 bits per heavy atom. The summed E-state index contributed by atoms with van der Waals surface area (Å²) < 4.78 is 0. The molecule has 0 spiro atoms. The lowest BCUT2D eigenvalue weighted by molar-refractivity contribution is 0.131. The van der Waals surface area contributed by atoms with Gasteiger partial charge < -0.3 is 4.84 Å². The van der Waals surface area contributed by atoms with E-state index in [1.54, 1.807) is 7.11 Å². The third-order valence-corrected chi connectivity index (χ3v) is 5.17. The average Bonchev–Trinajstić information content (AvgIpc) is 2.71. The van der Waals surface area contributed by atoms with Gasteiger partial charge in [-0.25, -0.2) is 0 Å². The normalized spacial score (nSPS) is 33.8. The topological polar surface area (TPSA) is 24.8 Å². The lowest BCUT2D eigenvalue weighted by Crippen LogP contribution is -2.46. The van der Waals surface area contributed by atoms with Crippen molar-refractivity contribution in [2.45, 2.75) is 44.2 Å². The average molecular weight is 272 g/mol. The first kappa shape index (κ1) is 13.6. The summed E-state index contributed by atoms with van der Waals surface area (Å²) in [6.07, 6.45) is 5.87. The first-order valence-corrected chi connectivity index (χ1v) is 7.56. The monoisotopic (exact) mass is 272 g/mol. The van der Waals surface area contributed by atoms with Crippen LogP contribution in [0.4, 0.5) is 0 Å². The van der Waals surface area contributed by atoms with Crippen molar-refractivity contribution >= 4 is 6.21 Å². The molecule has 0 amide bonds. The summed E-state index contributed by atoms with van der Waals surface area (Å²) in [7, 11) is 3.89. The van der Waals surface area contributed by atoms with Crippen LogP contribution < -0.4 is 0 Å². The van der Waals surface area contributed by atoms with Crippen molar-refractivity contribution in [2.24, 2.45) is 11.1 Å². The minimum Gasteiger partial charge on any atom is -0.399 e. The predicted octanol–water partition coefficient (Wildman–Crippen LogP) is 3.19. The van der Waals surface area contributed by atoms with Crippen LogP contribution in [0.5, 0.6) is 0 Å². The number of hydrogen-bond acceptors (Lipinski definition) is 3. The molecule has 1 unspecified atom stereocenters. The molecule has 3 heteroatoms. The summed E-state index contributed by atoms with van der Waals surface area (Å²) in [5.74, 6) is 1.03. The SMILES string of the molecule is CO/N=C/[C@@H]1[C@@H](c2ccc(C)cc2)CC2CC[C@H]1N2C. The quantitative estimate of drug-likeness (QED) is 0.623. The van der Waals surface area contributed by atoms with E-state index >= 15 is 0 Å². The molecule has 0 aromatic heterocycles. The van der Waals surface area contributed by atoms with Crippen molar-refractivity contribution in [3.63, 3.8) is 0 Å². The lowest BCUT2D eigenvalue weighted by Gasteiger charge is -2.41. The van der Waals surface area contributed by atoms with Crippen LogP contribution in [0.25, 0.3) is 0 Å². The van der Waals surface area contributed by atoms with Crippen molar-refractivity contribution in [3.8, 4) is 0 Å². The maximum Gasteiger partial charge on any atom is 0.106 e. The smallest absolute Gasteiger partial charge is 0.106 e. The summed E-state index contributed by atoms with van der Waals surface area (Å²) in [4.78, 5) is 7.49. The molecule has 1 aromatic carbocycles. The van der Waals surface area contributed by atoms with Gasteiger partial charge in [0.25, 0.3) is 0 Å². The molecule has 2 aliphatic heterocycles. The largest absolute Gasteiger partial charge is 0.399 e. The van der Waals surface area contributed by atoms with Crippen LogP contribution in [-0.4, -0.2) is 37.4 Å². The molecular weight excluding hydrogens is 248 g/mol. The van der Waals surface area contributed by atoms with Crippen LogP contribution in [0.15, 0.2) is 29.4 Å². The zero-order chi connectivity index (χ0) is 14.1. The van der Waals surface area contributed by atoms with E-state index < -0.39 is 0 Å². The number of nitrogens with zero attached hydrogens (tertiary/aromatic N) is 2. The molecule has 2 saturated heterocycles. The molecule has 0 radical (unpaired) electrons. The van der Waals surface area contributed by atoms with E-state index in [0.29, 0.717) is 17.9 Å². The Balaban J connectivity index is 1.91. The third-order valence-electron chi connectivity index (χ3n) is 5.17. The van der Waals surface area contributed by atoms with Crippen molar-refractivity contribution < 1.29 is 4.84 Å². The summed E-state index contributed by atoms with van der Waals surface area (Å²) in [5.41, 5.74) is 2.78. The fourth-order valence-corrected chi connectivity index (χ4v) is 4.01. The van der Waals surface area contributed by atoms with Crippen LogP contribution in [0, 0.1) is 12.8 Å². The highest BCUT2D eigenvalue weighted by atomic mass is 16.6. The van der Waals surface area contributed by atoms with Crippen LogP contribution in [0.2, 0.25) is 0 Å². The molecule has 1 aromatic rings. The summed E-state index contributed by atoms with van der Waals surface area (Å²) >= 11 is 0. The number of rotatable bonds is 3. The van der Waals surface area contributed by atoms with E-state index in [9.17, 15) is 0 Å². The summed E-state index contributed by atoms with van der Waals surface area (Å²) in [6.45, 7) is 2.14. The van der Waals surface area contributed by atoms with Crippen molar-refractivity contribution in [2.75, 3.05) is 14.2 Å². The van der Waals surface area contributed by atoms with Gasteiger partial charge in [-0.15, -0.1) is 0 Å². The van der Waals surface area contributed by atoms with E-state index in [1.807, 2.05) is 6.21 Å². The maximum atomic E-state index is 4.94. The molecular formula is C17H24N2O. The molecule has 108 valence electrons. The molecule has 3 nitrogen and oxygen atoms in total. The molecule has 0 N–H and O–H groups in total. The van der Waals surface area contributed by atoms with E-state index in [2.05, 4.69) is 48.3 Å². The molecule has 4 atom stereocenters. The van der Waals surface area contributed by atoms with Gasteiger partial charge in [0, 0.05) is 24.2 Å². The van der Waals surface area contributed by atoms with Crippen LogP contribution in [0.3, 0.4) is 0 Å². The summed E-state index contributed by atoms with van der Waals surface area (Å²) in [6, 6.07) is 10.4. The molecule has 3 rings (SSSR count). The van der Waals surface area contributed by atoms with Crippen LogP contribution in [0.1, 0.15) is 36.3 Å². The molecule has 2 fully saturated rings. The number of aryl methyl sites for hydroxylation is 1. The Hall–Kier alpha value is -1.35. The first-order valence-electron chi connectivity index (χ1n) is 7.56. The third kappa shape index (κ3) is 2.35. The van der Waals surface area contributed by atoms with Gasteiger partial charge in [-0.3, -0.25) is 4.90 Å². The minimum absolute atomic E-state index is 0.460. The van der Waals surface area contributed by atoms with E-state index in [-0.39, 0.29) is 0 Å². The highest BCUT2D eigenvalue weighted by molar-refractivity contribution is 5.64. The second-order valence-corrected chi connectivity index (χ2v) is 6.23. The number of fused-ring (bicyclic) bond motifs is 2. The van der Waals surface area contributed by atoms with Crippen LogP contribution in [-0.2, 0) is 4.84 Å². The Bertz CT molecular complexity index is 482. The molecule has 20 heavy (non-hydrogen) atoms. The van der Waals surface area contributed by atoms with Gasteiger partial charge in [0.1, 0.15) is 7.11 Å². The molecule has 2 bridgehead atoms. The zero-order valence-corrected chi connectivity index (χ0v) is 12.6. The standard InChI is InChI=1S/C17H24N2O/c1-12-4-6-13(7-5-12)15-10-14-8-9-17(19(14)2)16(15)11-18-20-3/h4-7,11,14-17H,8-10H2,1-3H3/b18-11+/t14?,15-,16-,17-/m1/s1. The number of benzene rings is 1. The number of hydrogen-bond donors (Lipinski definition) is 0. The van der Waals surface area contributed by atoms with Gasteiger partial charge in [0.05, 0.1) is 0 Å². The second-order valence-electron chi connectivity index (χ2n) is 6.23. The van der Waals surface area contributed by atoms with Gasteiger partial charge in [-0.1, -0.05) is 35.0 Å². The van der Waals surface area contributed by atoms with Crippen molar-refractivity contribution in [1.29, 1.82) is 0 Å². The van der Waals surface area contributed by atoms with Crippen molar-refractivity contribution in [1.82, 2.24) is 4.90 Å². The highest BCUT2D eigenvalue weighted by Gasteiger charge is 2.45. The van der Waals surface area contributed by atoms with Gasteiger partial charge >= 0.3 is 0 Å². The first-order chi connectivity index (χ1) is 9.70. The predicted molar refractivity (Wildman–Crippen MR) is 82.1 cm³/mol. The molecule has 2 heterocycles. The lowest BCUT2D eigenvalue weighted by atomic mass is 9.77. The maximum absolute atomic E-state index is 4.94. The zero-order valence-electron chi connectivity index (χ0n) is 12.6. The van der Waals surface area contributed by atoms with Gasteiger partial charge in [0.15, 0.2) is 0 Å². The number of oxime groups is 1. The minimum atomic E-state index is 0.460. The fraction of sp³-hybridized carbons (Fsp3) is 0.588. The highest BCUT2D eigenvalue weighted by Crippen LogP contribution is 2.45. The summed E-state index contributed by atoms with van der Waals surface area (Å²) in [5, 5.41) is 4.09. The van der Waals surface area contributed by atoms with Crippen molar-refractivity contribution in [3.05, 3.63) is 35.4 Å². The van der Waals surface area contributed by atoms with Gasteiger partial charge in [-0.05, 0) is 44.7 Å². The Labute approximate surface area is 121 Å². The molecule has 0 saturated carbocycles. The van der Waals surface area contributed by atoms with Gasteiger partial charge in [0.2, 0.25) is 0 Å². The van der Waals surface area contributed by atoms with E-state index in [1.165, 1.54) is 30.4 Å². The van der Waals surface area contributed by atoms with E-state index in [0.717, 1.165) is 6.04 Å². The van der Waals surface area contributed by atoms with Gasteiger partial charge in [-0.2, -0.15) is 0 Å². The molecule has 0 aliphatic carbocycles. The Morgan fingerprint density at radius 2 is 2.00 bits per heavy atom. The van der Waals surface area contributed by atoms with Crippen LogP contribution >= 0.6 is 0 Å².